The van der Waals surface area contributed by atoms with Gasteiger partial charge >= 0.3 is 24.1 Å². The maximum atomic E-state index is 10.6. The summed E-state index contributed by atoms with van der Waals surface area (Å²) in [6.07, 6.45) is 7.31. The van der Waals surface area contributed by atoms with Gasteiger partial charge in [0.1, 0.15) is 24.4 Å². The third-order valence-electron chi connectivity index (χ3n) is 5.67. The molecule has 9 heteroatoms. The largest absolute Gasteiger partial charge is 0.508 e. The summed E-state index contributed by atoms with van der Waals surface area (Å²) in [5.41, 5.74) is -0.183. The van der Waals surface area contributed by atoms with Crippen molar-refractivity contribution in [3.8, 4) is 0 Å². The average Bonchev–Trinajstić information content (AvgIpc) is 3.48. The minimum absolute atomic E-state index is 0.00231. The number of rotatable bonds is 3. The predicted octanol–water partition coefficient (Wildman–Crippen LogP) is 4.49. The highest BCUT2D eigenvalue weighted by molar-refractivity contribution is 5.72. The Hall–Kier alpha value is -2.32. The van der Waals surface area contributed by atoms with Crippen molar-refractivity contribution in [1.29, 1.82) is 0 Å². The molecule has 4 saturated heterocycles. The lowest BCUT2D eigenvalue weighted by Crippen LogP contribution is -2.19. The van der Waals surface area contributed by atoms with Gasteiger partial charge in [-0.15, -0.1) is 0 Å². The Morgan fingerprint density at radius 2 is 1.48 bits per heavy atom. The van der Waals surface area contributed by atoms with Crippen LogP contribution in [0.25, 0.3) is 0 Å². The molecule has 0 amide bonds. The van der Waals surface area contributed by atoms with Gasteiger partial charge in [0.05, 0.1) is 6.61 Å². The standard InChI is InChI=1S/C7H12O2.2C6H10O2.C5H8O3/c1-2-6-3-4-9-7(8)5-6;1-6(2)4-3-5(7)8-6;1-2-5-3-4-6(7)8-5;1-2-4-3-7-5(6)8-4/h6H,2-5H2,1H3;3-4H2,1-2H3;5H,2-4H2,1H3;4H,2-3H2,1H3. The van der Waals surface area contributed by atoms with E-state index in [1.807, 2.05) is 27.7 Å². The van der Waals surface area contributed by atoms with Gasteiger partial charge in [0.25, 0.3) is 0 Å². The zero-order chi connectivity index (χ0) is 24.9. The first-order valence-corrected chi connectivity index (χ1v) is 12.0. The molecule has 0 aromatic carbocycles. The molecule has 0 spiro atoms. The summed E-state index contributed by atoms with van der Waals surface area (Å²) in [5.74, 6) is 0.478. The van der Waals surface area contributed by atoms with Gasteiger partial charge in [-0.3, -0.25) is 14.4 Å². The summed E-state index contributed by atoms with van der Waals surface area (Å²) in [6.45, 7) is 11.0. The van der Waals surface area contributed by atoms with E-state index in [0.29, 0.717) is 38.4 Å². The second-order valence-corrected chi connectivity index (χ2v) is 8.99. The van der Waals surface area contributed by atoms with Crippen LogP contribution >= 0.6 is 0 Å². The van der Waals surface area contributed by atoms with Crippen molar-refractivity contribution in [2.24, 2.45) is 5.92 Å². The fourth-order valence-electron chi connectivity index (χ4n) is 3.33. The van der Waals surface area contributed by atoms with Crippen molar-refractivity contribution in [3.05, 3.63) is 0 Å². The summed E-state index contributed by atoms with van der Waals surface area (Å²) >= 11 is 0. The zero-order valence-corrected chi connectivity index (χ0v) is 20.7. The van der Waals surface area contributed by atoms with Crippen LogP contribution in [0.15, 0.2) is 0 Å². The molecule has 0 aromatic rings. The molecule has 0 saturated carbocycles. The van der Waals surface area contributed by atoms with E-state index >= 15 is 0 Å². The van der Waals surface area contributed by atoms with Gasteiger partial charge in [-0.05, 0) is 51.9 Å². The van der Waals surface area contributed by atoms with Crippen LogP contribution < -0.4 is 0 Å². The Kier molecular flexibility index (Phi) is 12.8. The van der Waals surface area contributed by atoms with Crippen molar-refractivity contribution in [1.82, 2.24) is 0 Å². The summed E-state index contributed by atoms with van der Waals surface area (Å²) in [7, 11) is 0. The molecule has 4 fully saturated rings. The zero-order valence-electron chi connectivity index (χ0n) is 20.7. The van der Waals surface area contributed by atoms with Crippen LogP contribution in [0.4, 0.5) is 4.79 Å². The first-order valence-electron chi connectivity index (χ1n) is 12.0. The maximum Gasteiger partial charge on any atom is 0.508 e. The molecule has 4 heterocycles. The molecule has 9 nitrogen and oxygen atoms in total. The van der Waals surface area contributed by atoms with Gasteiger partial charge in [0.2, 0.25) is 0 Å². The topological polar surface area (TPSA) is 114 Å². The number of carbonyl (C=O) groups excluding carboxylic acids is 4. The Balaban J connectivity index is 0.000000220. The van der Waals surface area contributed by atoms with Gasteiger partial charge in [-0.2, -0.15) is 0 Å². The van der Waals surface area contributed by atoms with E-state index in [0.717, 1.165) is 38.5 Å². The van der Waals surface area contributed by atoms with E-state index in [9.17, 15) is 19.2 Å². The highest BCUT2D eigenvalue weighted by Gasteiger charge is 2.30. The number of hydrogen-bond donors (Lipinski definition) is 0. The molecule has 4 aliphatic heterocycles. The first-order chi connectivity index (χ1) is 15.6. The minimum Gasteiger partial charge on any atom is -0.466 e. The number of carbonyl (C=O) groups is 4. The molecule has 3 unspecified atom stereocenters. The Morgan fingerprint density at radius 3 is 1.76 bits per heavy atom. The van der Waals surface area contributed by atoms with Crippen LogP contribution in [0.2, 0.25) is 0 Å². The highest BCUT2D eigenvalue weighted by atomic mass is 16.8. The first kappa shape index (κ1) is 28.7. The molecular weight excluding hydrogens is 432 g/mol. The third-order valence-corrected chi connectivity index (χ3v) is 5.67. The van der Waals surface area contributed by atoms with Crippen molar-refractivity contribution in [2.75, 3.05) is 13.2 Å². The molecule has 0 aromatic heterocycles. The van der Waals surface area contributed by atoms with Gasteiger partial charge in [0, 0.05) is 19.3 Å². The van der Waals surface area contributed by atoms with Crippen molar-refractivity contribution in [2.45, 2.75) is 110 Å². The molecule has 0 radical (unpaired) electrons. The average molecular weight is 473 g/mol. The van der Waals surface area contributed by atoms with Crippen LogP contribution in [0.3, 0.4) is 0 Å². The number of ether oxygens (including phenoxy) is 5. The SMILES string of the molecule is CC1(C)CCC(=O)O1.CCC1CCC(=O)O1.CCC1CCOC(=O)C1.CCC1COC(=O)O1. The fraction of sp³-hybridized carbons (Fsp3) is 0.833. The quantitative estimate of drug-likeness (QED) is 0.433. The van der Waals surface area contributed by atoms with Crippen LogP contribution in [-0.2, 0) is 38.1 Å². The van der Waals surface area contributed by atoms with Crippen molar-refractivity contribution < 1.29 is 42.9 Å². The summed E-state index contributed by atoms with van der Waals surface area (Å²) in [5, 5.41) is 0. The summed E-state index contributed by atoms with van der Waals surface area (Å²) < 4.78 is 23.7. The van der Waals surface area contributed by atoms with Crippen LogP contribution in [0.1, 0.15) is 92.4 Å². The monoisotopic (exact) mass is 472 g/mol. The predicted molar refractivity (Wildman–Crippen MR) is 119 cm³/mol. The lowest BCUT2D eigenvalue weighted by Gasteiger charge is -2.18. The van der Waals surface area contributed by atoms with E-state index in [4.69, 9.17) is 14.2 Å². The molecule has 33 heavy (non-hydrogen) atoms. The number of esters is 3. The highest BCUT2D eigenvalue weighted by Crippen LogP contribution is 2.24. The summed E-state index contributed by atoms with van der Waals surface area (Å²) in [6, 6.07) is 0. The Bertz CT molecular complexity index is 618. The van der Waals surface area contributed by atoms with Gasteiger partial charge < -0.3 is 23.7 Å². The van der Waals surface area contributed by atoms with Crippen LogP contribution in [0.5, 0.6) is 0 Å². The Morgan fingerprint density at radius 1 is 0.788 bits per heavy atom. The van der Waals surface area contributed by atoms with E-state index in [-0.39, 0.29) is 35.7 Å². The normalized spacial score (nSPS) is 27.1. The fourth-order valence-corrected chi connectivity index (χ4v) is 3.33. The molecule has 0 aliphatic carbocycles. The number of cyclic esters (lactones) is 5. The summed E-state index contributed by atoms with van der Waals surface area (Å²) in [4.78, 5) is 41.6. The number of hydrogen-bond acceptors (Lipinski definition) is 9. The molecular formula is C24H40O9. The van der Waals surface area contributed by atoms with Gasteiger partial charge in [-0.1, -0.05) is 27.2 Å². The van der Waals surface area contributed by atoms with E-state index < -0.39 is 6.16 Å². The second kappa shape index (κ2) is 14.8. The second-order valence-electron chi connectivity index (χ2n) is 8.99. The smallest absolute Gasteiger partial charge is 0.466 e. The third kappa shape index (κ3) is 12.5. The Labute approximate surface area is 196 Å². The van der Waals surface area contributed by atoms with E-state index in [1.165, 1.54) is 0 Å². The molecule has 190 valence electrons. The molecule has 4 aliphatic rings. The van der Waals surface area contributed by atoms with Crippen LogP contribution in [-0.4, -0.2) is 55.1 Å². The molecule has 4 rings (SSSR count). The lowest BCUT2D eigenvalue weighted by molar-refractivity contribution is -0.149. The maximum absolute atomic E-state index is 10.6. The van der Waals surface area contributed by atoms with Gasteiger partial charge in [0.15, 0.2) is 0 Å². The van der Waals surface area contributed by atoms with Gasteiger partial charge in [-0.25, -0.2) is 4.79 Å². The lowest BCUT2D eigenvalue weighted by atomic mass is 9.97. The van der Waals surface area contributed by atoms with Crippen LogP contribution in [0, 0.1) is 5.92 Å². The van der Waals surface area contributed by atoms with Crippen molar-refractivity contribution in [3.63, 3.8) is 0 Å². The van der Waals surface area contributed by atoms with E-state index in [2.05, 4.69) is 16.4 Å². The van der Waals surface area contributed by atoms with Crippen molar-refractivity contribution >= 4 is 24.1 Å². The molecule has 3 atom stereocenters. The van der Waals surface area contributed by atoms with E-state index in [1.54, 1.807) is 0 Å². The molecule has 0 N–H and O–H groups in total. The minimum atomic E-state index is -0.531. The molecule has 0 bridgehead atoms.